The average molecular weight is 380 g/mol. The number of thioether (sulfide) groups is 1. The quantitative estimate of drug-likeness (QED) is 0.793. The van der Waals surface area contributed by atoms with E-state index in [0.717, 1.165) is 29.6 Å². The Morgan fingerprint density at radius 2 is 1.92 bits per heavy atom. The first-order chi connectivity index (χ1) is 11.6. The first-order valence-electron chi connectivity index (χ1n) is 7.87. The minimum Gasteiger partial charge on any atom is -0.346 e. The number of hydrogen-bond donors (Lipinski definition) is 1. The summed E-state index contributed by atoms with van der Waals surface area (Å²) in [6, 6.07) is 15.5. The molecule has 2 aromatic carbocycles. The van der Waals surface area contributed by atoms with Crippen LogP contribution >= 0.6 is 35.0 Å². The highest BCUT2D eigenvalue weighted by Crippen LogP contribution is 2.40. The van der Waals surface area contributed by atoms with Gasteiger partial charge in [0.25, 0.3) is 5.72 Å². The molecule has 0 aromatic heterocycles. The number of rotatable bonds is 2. The standard InChI is InChI=1S/C18H17Cl2N2OS/c19-13-7-8-15(16(20)11-13)18(23)12-21(14-5-2-1-3-6-14)17-22(18)9-4-10-24-17/h1-3,5-8,11,23H,4,9-10,12H2/q+1/t18-/m1/s1. The molecule has 0 spiro atoms. The Morgan fingerprint density at radius 1 is 1.12 bits per heavy atom. The summed E-state index contributed by atoms with van der Waals surface area (Å²) in [6.07, 6.45) is 1.03. The molecule has 2 aliphatic heterocycles. The molecule has 0 unspecified atom stereocenters. The van der Waals surface area contributed by atoms with Crippen molar-refractivity contribution in [2.45, 2.75) is 12.1 Å². The second-order valence-electron chi connectivity index (χ2n) is 6.00. The minimum atomic E-state index is -1.15. The number of aliphatic hydroxyl groups is 1. The van der Waals surface area contributed by atoms with Gasteiger partial charge in [-0.1, -0.05) is 41.4 Å². The van der Waals surface area contributed by atoms with Crippen molar-refractivity contribution in [3.05, 3.63) is 64.1 Å². The lowest BCUT2D eigenvalue weighted by Crippen LogP contribution is -2.41. The SMILES string of the molecule is O[C@@]1(c2ccc(Cl)cc2Cl)CN(c2ccccc2)C2=[N+]1CCCS2. The van der Waals surface area contributed by atoms with Crippen LogP contribution < -0.4 is 4.90 Å². The van der Waals surface area contributed by atoms with Gasteiger partial charge in [0.2, 0.25) is 0 Å². The average Bonchev–Trinajstić information content (AvgIpc) is 2.90. The highest BCUT2D eigenvalue weighted by molar-refractivity contribution is 8.13. The maximum atomic E-state index is 11.6. The topological polar surface area (TPSA) is 26.5 Å². The van der Waals surface area contributed by atoms with Gasteiger partial charge in [-0.2, -0.15) is 0 Å². The Bertz CT molecular complexity index is 812. The molecule has 0 fully saturated rings. The number of nitrogens with zero attached hydrogens (tertiary/aromatic N) is 2. The number of halogens is 2. The molecule has 124 valence electrons. The molecule has 2 aromatic rings. The van der Waals surface area contributed by atoms with Gasteiger partial charge in [-0.25, -0.2) is 9.48 Å². The Balaban J connectivity index is 1.83. The second-order valence-corrected chi connectivity index (χ2v) is 7.90. The van der Waals surface area contributed by atoms with Gasteiger partial charge in [0, 0.05) is 10.8 Å². The molecule has 1 N–H and O–H groups in total. The van der Waals surface area contributed by atoms with Crippen LogP contribution in [0.2, 0.25) is 10.0 Å². The Hall–Kier alpha value is -1.20. The molecule has 0 bridgehead atoms. The summed E-state index contributed by atoms with van der Waals surface area (Å²) in [5, 5.41) is 13.7. The summed E-state index contributed by atoms with van der Waals surface area (Å²) in [5.74, 6) is 1.06. The largest absolute Gasteiger partial charge is 0.346 e. The fourth-order valence-corrected chi connectivity index (χ4v) is 5.09. The number of benzene rings is 2. The number of hydrogen-bond acceptors (Lipinski definition) is 3. The van der Waals surface area contributed by atoms with Crippen LogP contribution in [0.3, 0.4) is 0 Å². The van der Waals surface area contributed by atoms with E-state index in [1.807, 2.05) is 24.3 Å². The molecule has 6 heteroatoms. The van der Waals surface area contributed by atoms with E-state index in [4.69, 9.17) is 23.2 Å². The molecular weight excluding hydrogens is 363 g/mol. The van der Waals surface area contributed by atoms with Gasteiger partial charge in [-0.05, 0) is 48.5 Å². The van der Waals surface area contributed by atoms with Crippen LogP contribution in [0.5, 0.6) is 0 Å². The molecule has 2 heterocycles. The Labute approximate surface area is 155 Å². The van der Waals surface area contributed by atoms with Crippen LogP contribution in [-0.2, 0) is 5.72 Å². The van der Waals surface area contributed by atoms with E-state index in [1.54, 1.807) is 23.9 Å². The fraction of sp³-hybridized carbons (Fsp3) is 0.278. The predicted octanol–water partition coefficient (Wildman–Crippen LogP) is 4.16. The zero-order valence-corrected chi connectivity index (χ0v) is 15.3. The van der Waals surface area contributed by atoms with Crippen molar-refractivity contribution >= 4 is 45.8 Å². The van der Waals surface area contributed by atoms with E-state index in [2.05, 4.69) is 21.6 Å². The molecule has 1 atom stereocenters. The Morgan fingerprint density at radius 3 is 2.67 bits per heavy atom. The van der Waals surface area contributed by atoms with Crippen molar-refractivity contribution in [3.8, 4) is 0 Å². The predicted molar refractivity (Wildman–Crippen MR) is 101 cm³/mol. The van der Waals surface area contributed by atoms with Crippen LogP contribution in [0.15, 0.2) is 48.5 Å². The van der Waals surface area contributed by atoms with E-state index < -0.39 is 5.72 Å². The summed E-state index contributed by atoms with van der Waals surface area (Å²) < 4.78 is 2.07. The molecule has 3 nitrogen and oxygen atoms in total. The van der Waals surface area contributed by atoms with Crippen molar-refractivity contribution in [2.75, 3.05) is 23.7 Å². The van der Waals surface area contributed by atoms with Gasteiger partial charge in [0.05, 0.1) is 17.1 Å². The van der Waals surface area contributed by atoms with Gasteiger partial charge in [-0.15, -0.1) is 0 Å². The van der Waals surface area contributed by atoms with Crippen molar-refractivity contribution in [2.24, 2.45) is 0 Å². The minimum absolute atomic E-state index is 0.445. The summed E-state index contributed by atoms with van der Waals surface area (Å²) in [6.45, 7) is 1.25. The first kappa shape index (κ1) is 16.3. The zero-order chi connectivity index (χ0) is 16.7. The molecule has 0 aliphatic carbocycles. The van der Waals surface area contributed by atoms with Gasteiger partial charge in [0.1, 0.15) is 5.69 Å². The lowest BCUT2D eigenvalue weighted by Gasteiger charge is -2.25. The Kier molecular flexibility index (Phi) is 4.25. The highest BCUT2D eigenvalue weighted by Gasteiger charge is 2.54. The number of para-hydroxylation sites is 1. The normalized spacial score (nSPS) is 23.5. The first-order valence-corrected chi connectivity index (χ1v) is 9.62. The van der Waals surface area contributed by atoms with Crippen LogP contribution in [0.4, 0.5) is 5.69 Å². The van der Waals surface area contributed by atoms with Crippen LogP contribution in [-0.4, -0.2) is 33.7 Å². The van der Waals surface area contributed by atoms with Crippen molar-refractivity contribution in [1.29, 1.82) is 0 Å². The molecule has 0 radical (unpaired) electrons. The number of amidine groups is 1. The van der Waals surface area contributed by atoms with Crippen LogP contribution in [0.1, 0.15) is 12.0 Å². The molecule has 2 aliphatic rings. The highest BCUT2D eigenvalue weighted by atomic mass is 35.5. The molecule has 4 rings (SSSR count). The molecule has 0 amide bonds. The van der Waals surface area contributed by atoms with Gasteiger partial charge < -0.3 is 5.11 Å². The summed E-state index contributed by atoms with van der Waals surface area (Å²) in [7, 11) is 0. The summed E-state index contributed by atoms with van der Waals surface area (Å²) in [5.41, 5.74) is 0.625. The van der Waals surface area contributed by atoms with Crippen molar-refractivity contribution < 1.29 is 9.68 Å². The van der Waals surface area contributed by atoms with E-state index >= 15 is 0 Å². The van der Waals surface area contributed by atoms with E-state index in [-0.39, 0.29) is 0 Å². The molecule has 24 heavy (non-hydrogen) atoms. The maximum Gasteiger partial charge on any atom is 0.316 e. The third-order valence-corrected chi connectivity index (χ3v) is 6.21. The smallest absolute Gasteiger partial charge is 0.316 e. The van der Waals surface area contributed by atoms with Crippen molar-refractivity contribution in [3.63, 3.8) is 0 Å². The van der Waals surface area contributed by atoms with E-state index in [1.165, 1.54) is 0 Å². The van der Waals surface area contributed by atoms with Gasteiger partial charge in [0.15, 0.2) is 6.54 Å². The summed E-state index contributed by atoms with van der Waals surface area (Å²) in [4.78, 5) is 2.18. The number of β-amino-alcohol motifs (C(OH)–C–C–N with tert-alkyl or cyclic N) is 1. The third-order valence-electron chi connectivity index (χ3n) is 4.47. The maximum absolute atomic E-state index is 11.6. The molecule has 0 saturated heterocycles. The monoisotopic (exact) mass is 379 g/mol. The lowest BCUT2D eigenvalue weighted by molar-refractivity contribution is -0.656. The van der Waals surface area contributed by atoms with E-state index in [9.17, 15) is 5.11 Å². The van der Waals surface area contributed by atoms with Crippen LogP contribution in [0.25, 0.3) is 0 Å². The zero-order valence-electron chi connectivity index (χ0n) is 13.0. The number of anilines is 1. The van der Waals surface area contributed by atoms with Crippen LogP contribution in [0, 0.1) is 0 Å². The molecular formula is C18H17Cl2N2OS+. The fourth-order valence-electron chi connectivity index (χ4n) is 3.35. The summed E-state index contributed by atoms with van der Waals surface area (Å²) >= 11 is 14.2. The van der Waals surface area contributed by atoms with Gasteiger partial charge >= 0.3 is 5.17 Å². The van der Waals surface area contributed by atoms with Crippen molar-refractivity contribution in [1.82, 2.24) is 0 Å². The second kappa shape index (κ2) is 6.26. The third kappa shape index (κ3) is 2.62. The molecule has 0 saturated carbocycles. The van der Waals surface area contributed by atoms with E-state index in [0.29, 0.717) is 22.2 Å². The van der Waals surface area contributed by atoms with Gasteiger partial charge in [-0.3, -0.25) is 0 Å². The lowest BCUT2D eigenvalue weighted by atomic mass is 10.0.